The Labute approximate surface area is 121 Å². The Kier molecular flexibility index (Phi) is 4.63. The number of aromatic nitrogens is 1. The van der Waals surface area contributed by atoms with Gasteiger partial charge < -0.3 is 10.6 Å². The van der Waals surface area contributed by atoms with Gasteiger partial charge in [-0.15, -0.1) is 0 Å². The highest BCUT2D eigenvalue weighted by Crippen LogP contribution is 2.51. The van der Waals surface area contributed by atoms with E-state index in [0.717, 1.165) is 25.2 Å². The Morgan fingerprint density at radius 1 is 1.45 bits per heavy atom. The molecule has 1 aliphatic carbocycles. The molecule has 1 aliphatic rings. The summed E-state index contributed by atoms with van der Waals surface area (Å²) in [5.41, 5.74) is 1.77. The molecule has 4 heteroatoms. The molecule has 0 aromatic carbocycles. The van der Waals surface area contributed by atoms with Crippen LogP contribution in [0.1, 0.15) is 50.5 Å². The summed E-state index contributed by atoms with van der Waals surface area (Å²) >= 11 is 0. The molecule has 4 nitrogen and oxygen atoms in total. The number of amides is 1. The second-order valence-corrected chi connectivity index (χ2v) is 6.06. The standard InChI is InChI=1S/C16H25N3O/c1-4-8-17-13-5-9-18-14(10-13)15(20)19-11-16(6-7-16)12(2)3/h5,9-10,12H,4,6-8,11H2,1-3H3,(H,17,18)(H,19,20). The fraction of sp³-hybridized carbons (Fsp3) is 0.625. The highest BCUT2D eigenvalue weighted by Gasteiger charge is 2.45. The maximum atomic E-state index is 12.2. The lowest BCUT2D eigenvalue weighted by atomic mass is 9.92. The first-order valence-corrected chi connectivity index (χ1v) is 7.55. The number of nitrogens with zero attached hydrogens (tertiary/aromatic N) is 1. The van der Waals surface area contributed by atoms with Crippen molar-refractivity contribution in [2.45, 2.75) is 40.0 Å². The molecule has 0 spiro atoms. The zero-order valence-corrected chi connectivity index (χ0v) is 12.7. The summed E-state index contributed by atoms with van der Waals surface area (Å²) < 4.78 is 0. The van der Waals surface area contributed by atoms with Crippen LogP contribution in [0.5, 0.6) is 0 Å². The first-order chi connectivity index (χ1) is 9.57. The highest BCUT2D eigenvalue weighted by atomic mass is 16.1. The number of carbonyl (C=O) groups excluding carboxylic acids is 1. The zero-order chi connectivity index (χ0) is 14.6. The molecule has 0 saturated heterocycles. The maximum Gasteiger partial charge on any atom is 0.269 e. The average Bonchev–Trinajstić information content (AvgIpc) is 3.24. The molecular formula is C16H25N3O. The summed E-state index contributed by atoms with van der Waals surface area (Å²) in [6.45, 7) is 8.24. The smallest absolute Gasteiger partial charge is 0.269 e. The Bertz CT molecular complexity index is 467. The van der Waals surface area contributed by atoms with E-state index in [1.807, 2.05) is 12.1 Å². The highest BCUT2D eigenvalue weighted by molar-refractivity contribution is 5.93. The number of hydrogen-bond donors (Lipinski definition) is 2. The van der Waals surface area contributed by atoms with Crippen LogP contribution in [-0.4, -0.2) is 24.0 Å². The van der Waals surface area contributed by atoms with Crippen molar-refractivity contribution in [3.63, 3.8) is 0 Å². The van der Waals surface area contributed by atoms with E-state index in [4.69, 9.17) is 0 Å². The molecule has 1 saturated carbocycles. The van der Waals surface area contributed by atoms with Gasteiger partial charge in [0.05, 0.1) is 0 Å². The number of nitrogens with one attached hydrogen (secondary N) is 2. The van der Waals surface area contributed by atoms with E-state index in [-0.39, 0.29) is 5.91 Å². The van der Waals surface area contributed by atoms with Crippen LogP contribution < -0.4 is 10.6 Å². The second-order valence-electron chi connectivity index (χ2n) is 6.06. The van der Waals surface area contributed by atoms with Crippen LogP contribution in [0.4, 0.5) is 5.69 Å². The van der Waals surface area contributed by atoms with E-state index in [1.165, 1.54) is 12.8 Å². The molecule has 0 atom stereocenters. The lowest BCUT2D eigenvalue weighted by Crippen LogP contribution is -2.33. The van der Waals surface area contributed by atoms with Crippen LogP contribution in [0.15, 0.2) is 18.3 Å². The predicted molar refractivity (Wildman–Crippen MR) is 81.9 cm³/mol. The lowest BCUT2D eigenvalue weighted by molar-refractivity contribution is 0.0935. The van der Waals surface area contributed by atoms with E-state index >= 15 is 0 Å². The van der Waals surface area contributed by atoms with Crippen molar-refractivity contribution in [3.05, 3.63) is 24.0 Å². The van der Waals surface area contributed by atoms with Gasteiger partial charge in [-0.25, -0.2) is 0 Å². The number of carbonyl (C=O) groups is 1. The summed E-state index contributed by atoms with van der Waals surface area (Å²) in [6.07, 6.45) is 5.18. The normalized spacial score (nSPS) is 16.0. The molecule has 0 unspecified atom stereocenters. The van der Waals surface area contributed by atoms with Crippen LogP contribution in [0, 0.1) is 11.3 Å². The Balaban J connectivity index is 1.92. The van der Waals surface area contributed by atoms with Gasteiger partial charge in [-0.1, -0.05) is 20.8 Å². The van der Waals surface area contributed by atoms with Gasteiger partial charge in [0, 0.05) is 25.0 Å². The summed E-state index contributed by atoms with van der Waals surface area (Å²) in [6, 6.07) is 3.71. The number of rotatable bonds is 7. The molecule has 0 bridgehead atoms. The van der Waals surface area contributed by atoms with E-state index in [2.05, 4.69) is 36.4 Å². The lowest BCUT2D eigenvalue weighted by Gasteiger charge is -2.19. The quantitative estimate of drug-likeness (QED) is 0.804. The fourth-order valence-electron chi connectivity index (χ4n) is 2.40. The van der Waals surface area contributed by atoms with Gasteiger partial charge >= 0.3 is 0 Å². The minimum Gasteiger partial charge on any atom is -0.385 e. The molecule has 1 aromatic rings. The SMILES string of the molecule is CCCNc1ccnc(C(=O)NCC2(C(C)C)CC2)c1. The van der Waals surface area contributed by atoms with Gasteiger partial charge in [0.1, 0.15) is 5.69 Å². The summed E-state index contributed by atoms with van der Waals surface area (Å²) in [4.78, 5) is 16.3. The summed E-state index contributed by atoms with van der Waals surface area (Å²) in [5, 5.41) is 6.31. The van der Waals surface area contributed by atoms with Gasteiger partial charge in [-0.05, 0) is 42.7 Å². The second kappa shape index (κ2) is 6.25. The molecule has 2 rings (SSSR count). The van der Waals surface area contributed by atoms with E-state index in [1.54, 1.807) is 6.20 Å². The third-order valence-corrected chi connectivity index (χ3v) is 4.29. The van der Waals surface area contributed by atoms with Crippen molar-refractivity contribution in [2.75, 3.05) is 18.4 Å². The Morgan fingerprint density at radius 2 is 2.20 bits per heavy atom. The summed E-state index contributed by atoms with van der Waals surface area (Å²) in [7, 11) is 0. The first kappa shape index (κ1) is 14.8. The molecular weight excluding hydrogens is 250 g/mol. The topological polar surface area (TPSA) is 54.0 Å². The minimum absolute atomic E-state index is 0.0722. The molecule has 1 amide bonds. The number of anilines is 1. The average molecular weight is 275 g/mol. The Morgan fingerprint density at radius 3 is 2.80 bits per heavy atom. The van der Waals surface area contributed by atoms with Crippen molar-refractivity contribution in [1.29, 1.82) is 0 Å². The van der Waals surface area contributed by atoms with Crippen molar-refractivity contribution in [2.24, 2.45) is 11.3 Å². The fourth-order valence-corrected chi connectivity index (χ4v) is 2.40. The molecule has 1 fully saturated rings. The van der Waals surface area contributed by atoms with Crippen LogP contribution in [0.2, 0.25) is 0 Å². The van der Waals surface area contributed by atoms with Crippen molar-refractivity contribution >= 4 is 11.6 Å². The van der Waals surface area contributed by atoms with Gasteiger partial charge in [0.15, 0.2) is 0 Å². The number of hydrogen-bond acceptors (Lipinski definition) is 3. The van der Waals surface area contributed by atoms with E-state index < -0.39 is 0 Å². The van der Waals surface area contributed by atoms with E-state index in [9.17, 15) is 4.79 Å². The molecule has 110 valence electrons. The molecule has 1 aromatic heterocycles. The van der Waals surface area contributed by atoms with Crippen molar-refractivity contribution in [1.82, 2.24) is 10.3 Å². The molecule has 20 heavy (non-hydrogen) atoms. The van der Waals surface area contributed by atoms with Gasteiger partial charge in [-0.3, -0.25) is 9.78 Å². The first-order valence-electron chi connectivity index (χ1n) is 7.55. The third kappa shape index (κ3) is 3.50. The Hall–Kier alpha value is -1.58. The van der Waals surface area contributed by atoms with E-state index in [0.29, 0.717) is 17.0 Å². The zero-order valence-electron chi connectivity index (χ0n) is 12.7. The molecule has 2 N–H and O–H groups in total. The molecule has 1 heterocycles. The summed E-state index contributed by atoms with van der Waals surface area (Å²) in [5.74, 6) is 0.547. The van der Waals surface area contributed by atoms with Gasteiger partial charge in [-0.2, -0.15) is 0 Å². The molecule has 0 radical (unpaired) electrons. The monoisotopic (exact) mass is 275 g/mol. The van der Waals surface area contributed by atoms with Crippen LogP contribution in [0.3, 0.4) is 0 Å². The minimum atomic E-state index is -0.0722. The maximum absolute atomic E-state index is 12.2. The van der Waals surface area contributed by atoms with Crippen LogP contribution in [-0.2, 0) is 0 Å². The largest absolute Gasteiger partial charge is 0.385 e. The van der Waals surface area contributed by atoms with Gasteiger partial charge in [0.2, 0.25) is 0 Å². The number of pyridine rings is 1. The molecule has 0 aliphatic heterocycles. The van der Waals surface area contributed by atoms with Gasteiger partial charge in [0.25, 0.3) is 5.91 Å². The third-order valence-electron chi connectivity index (χ3n) is 4.29. The van der Waals surface area contributed by atoms with Crippen molar-refractivity contribution < 1.29 is 4.79 Å². The van der Waals surface area contributed by atoms with Crippen LogP contribution in [0.25, 0.3) is 0 Å². The van der Waals surface area contributed by atoms with Crippen LogP contribution >= 0.6 is 0 Å². The predicted octanol–water partition coefficient (Wildman–Crippen LogP) is 3.07. The van der Waals surface area contributed by atoms with Crippen molar-refractivity contribution in [3.8, 4) is 0 Å².